The Morgan fingerprint density at radius 2 is 2.22 bits per heavy atom. The molecule has 0 unspecified atom stereocenters. The van der Waals surface area contributed by atoms with Crippen LogP contribution in [0.25, 0.3) is 0 Å². The molecule has 0 saturated carbocycles. The van der Waals surface area contributed by atoms with E-state index in [2.05, 4.69) is 18.8 Å². The summed E-state index contributed by atoms with van der Waals surface area (Å²) in [4.78, 5) is 0. The van der Waals surface area contributed by atoms with Gasteiger partial charge in [-0.05, 0) is 19.0 Å². The fraction of sp³-hybridized carbons (Fsp3) is 0.429. The van der Waals surface area contributed by atoms with E-state index in [1.54, 1.807) is 7.11 Å². The van der Waals surface area contributed by atoms with Crippen molar-refractivity contribution in [3.63, 3.8) is 0 Å². The highest BCUT2D eigenvalue weighted by Crippen LogP contribution is 2.25. The molecule has 1 aromatic carbocycles. The van der Waals surface area contributed by atoms with E-state index in [0.717, 1.165) is 36.6 Å². The summed E-state index contributed by atoms with van der Waals surface area (Å²) in [7, 11) is 1.63. The first-order chi connectivity index (χ1) is 8.67. The predicted molar refractivity (Wildman–Crippen MR) is 75.5 cm³/mol. The maximum Gasteiger partial charge on any atom is 0.128 e. The van der Waals surface area contributed by atoms with Crippen molar-refractivity contribution in [1.82, 2.24) is 5.32 Å². The fourth-order valence-corrected chi connectivity index (χ4v) is 1.55. The van der Waals surface area contributed by atoms with Gasteiger partial charge in [-0.15, -0.1) is 0 Å². The van der Waals surface area contributed by atoms with Crippen LogP contribution < -0.4 is 14.8 Å². The summed E-state index contributed by atoms with van der Waals surface area (Å²) in [5.41, 5.74) is 1.09. The molecular weight excluding hydrogens is 250 g/mol. The van der Waals surface area contributed by atoms with Gasteiger partial charge in [0, 0.05) is 23.2 Å². The molecule has 0 heterocycles. The fourth-order valence-electron chi connectivity index (χ4n) is 1.50. The molecule has 1 rings (SSSR count). The molecule has 0 radical (unpaired) electrons. The third kappa shape index (κ3) is 4.98. The summed E-state index contributed by atoms with van der Waals surface area (Å²) < 4.78 is 10.8. The van der Waals surface area contributed by atoms with Crippen LogP contribution in [0.3, 0.4) is 0 Å². The molecule has 1 N–H and O–H groups in total. The Labute approximate surface area is 114 Å². The number of hydrogen-bond donors (Lipinski definition) is 1. The van der Waals surface area contributed by atoms with Gasteiger partial charge in [0.25, 0.3) is 0 Å². The lowest BCUT2D eigenvalue weighted by Gasteiger charge is -2.13. The average molecular weight is 270 g/mol. The second-order valence-electron chi connectivity index (χ2n) is 3.96. The Morgan fingerprint density at radius 1 is 1.44 bits per heavy atom. The second kappa shape index (κ2) is 8.01. The van der Waals surface area contributed by atoms with E-state index in [4.69, 9.17) is 21.1 Å². The van der Waals surface area contributed by atoms with E-state index in [-0.39, 0.29) is 0 Å². The summed E-state index contributed by atoms with van der Waals surface area (Å²) in [6.07, 6.45) is 1.10. The molecule has 0 bridgehead atoms. The summed E-state index contributed by atoms with van der Waals surface area (Å²) in [5, 5.41) is 3.82. The molecule has 0 saturated heterocycles. The lowest BCUT2D eigenvalue weighted by atomic mass is 10.2. The molecule has 3 nitrogen and oxygen atoms in total. The molecule has 0 spiro atoms. The third-order valence-electron chi connectivity index (χ3n) is 2.40. The number of nitrogens with one attached hydrogen (secondary N) is 1. The van der Waals surface area contributed by atoms with Crippen LogP contribution in [0.2, 0.25) is 0 Å². The van der Waals surface area contributed by atoms with Crippen molar-refractivity contribution in [3.05, 3.63) is 35.4 Å². The second-order valence-corrected chi connectivity index (χ2v) is 4.49. The Kier molecular flexibility index (Phi) is 6.61. The molecule has 1 aromatic rings. The van der Waals surface area contributed by atoms with Crippen LogP contribution in [-0.2, 0) is 6.54 Å². The van der Waals surface area contributed by atoms with E-state index < -0.39 is 0 Å². The largest absolute Gasteiger partial charge is 0.497 e. The van der Waals surface area contributed by atoms with Gasteiger partial charge in [0.05, 0.1) is 7.11 Å². The Morgan fingerprint density at radius 3 is 2.83 bits per heavy atom. The van der Waals surface area contributed by atoms with E-state index in [9.17, 15) is 0 Å². The molecule has 0 aliphatic carbocycles. The monoisotopic (exact) mass is 269 g/mol. The number of hydrogen-bond acceptors (Lipinski definition) is 3. The molecule has 4 heteroatoms. The van der Waals surface area contributed by atoms with Crippen LogP contribution in [0.4, 0.5) is 0 Å². The zero-order valence-electron chi connectivity index (χ0n) is 11.0. The highest BCUT2D eigenvalue weighted by atomic mass is 35.5. The zero-order valence-corrected chi connectivity index (χ0v) is 11.7. The van der Waals surface area contributed by atoms with Crippen molar-refractivity contribution in [1.29, 1.82) is 0 Å². The Bertz CT molecular complexity index is 393. The lowest BCUT2D eigenvalue weighted by molar-refractivity contribution is 0.348. The molecule has 0 aliphatic rings. The van der Waals surface area contributed by atoms with Crippen LogP contribution in [0, 0.1) is 0 Å². The minimum atomic E-state index is 0.301. The van der Waals surface area contributed by atoms with Crippen LogP contribution in [-0.4, -0.2) is 20.3 Å². The quantitative estimate of drug-likeness (QED) is 0.735. The van der Waals surface area contributed by atoms with Gasteiger partial charge >= 0.3 is 0 Å². The summed E-state index contributed by atoms with van der Waals surface area (Å²) in [6.45, 7) is 7.79. The molecule has 0 amide bonds. The molecule has 0 aliphatic heterocycles. The van der Waals surface area contributed by atoms with Crippen molar-refractivity contribution < 1.29 is 9.47 Å². The number of rotatable bonds is 8. The van der Waals surface area contributed by atoms with Gasteiger partial charge in [0.2, 0.25) is 0 Å². The normalized spacial score (nSPS) is 10.2. The summed E-state index contributed by atoms with van der Waals surface area (Å²) >= 11 is 5.71. The van der Waals surface area contributed by atoms with Crippen molar-refractivity contribution in [3.8, 4) is 11.5 Å². The van der Waals surface area contributed by atoms with Crippen molar-refractivity contribution in [2.45, 2.75) is 19.9 Å². The maximum absolute atomic E-state index is 5.71. The lowest BCUT2D eigenvalue weighted by Crippen LogP contribution is -2.15. The predicted octanol–water partition coefficient (Wildman–Crippen LogP) is 3.33. The van der Waals surface area contributed by atoms with Gasteiger partial charge in [-0.1, -0.05) is 31.2 Å². The van der Waals surface area contributed by atoms with Gasteiger partial charge in [-0.3, -0.25) is 0 Å². The van der Waals surface area contributed by atoms with Gasteiger partial charge in [-0.2, -0.15) is 0 Å². The van der Waals surface area contributed by atoms with E-state index in [0.29, 0.717) is 11.6 Å². The summed E-state index contributed by atoms with van der Waals surface area (Å²) in [5.74, 6) is 1.55. The van der Waals surface area contributed by atoms with E-state index in [1.165, 1.54) is 0 Å². The Balaban J connectivity index is 2.75. The van der Waals surface area contributed by atoms with Crippen molar-refractivity contribution >= 4 is 11.6 Å². The average Bonchev–Trinajstić information content (AvgIpc) is 2.37. The molecule has 100 valence electrons. The standard InChI is InChI=1S/C14H20ClNO2/c1-4-7-16-9-12-5-6-13(17-3)8-14(12)18-10-11(2)15/h5-6,8,16H,2,4,7,9-10H2,1,3H3. The van der Waals surface area contributed by atoms with E-state index in [1.807, 2.05) is 18.2 Å². The first kappa shape index (κ1) is 14.9. The minimum absolute atomic E-state index is 0.301. The van der Waals surface area contributed by atoms with Crippen LogP contribution >= 0.6 is 11.6 Å². The summed E-state index contributed by atoms with van der Waals surface area (Å²) in [6, 6.07) is 5.78. The molecule has 0 fully saturated rings. The number of ether oxygens (including phenoxy) is 2. The van der Waals surface area contributed by atoms with E-state index >= 15 is 0 Å². The molecular formula is C14H20ClNO2. The third-order valence-corrected chi connectivity index (χ3v) is 2.51. The van der Waals surface area contributed by atoms with Crippen molar-refractivity contribution in [2.75, 3.05) is 20.3 Å². The minimum Gasteiger partial charge on any atom is -0.497 e. The number of methoxy groups -OCH3 is 1. The van der Waals surface area contributed by atoms with Gasteiger partial charge in [0.15, 0.2) is 0 Å². The number of benzene rings is 1. The van der Waals surface area contributed by atoms with Gasteiger partial charge in [-0.25, -0.2) is 0 Å². The maximum atomic E-state index is 5.71. The first-order valence-electron chi connectivity index (χ1n) is 6.01. The smallest absolute Gasteiger partial charge is 0.128 e. The van der Waals surface area contributed by atoms with Crippen LogP contribution in [0.5, 0.6) is 11.5 Å². The van der Waals surface area contributed by atoms with Crippen LogP contribution in [0.1, 0.15) is 18.9 Å². The highest BCUT2D eigenvalue weighted by Gasteiger charge is 2.06. The SMILES string of the molecule is C=C(Cl)COc1cc(OC)ccc1CNCCC. The molecule has 0 aromatic heterocycles. The van der Waals surface area contributed by atoms with Gasteiger partial charge in [0.1, 0.15) is 18.1 Å². The number of halogens is 1. The van der Waals surface area contributed by atoms with Crippen LogP contribution in [0.15, 0.2) is 29.8 Å². The van der Waals surface area contributed by atoms with Gasteiger partial charge < -0.3 is 14.8 Å². The topological polar surface area (TPSA) is 30.5 Å². The highest BCUT2D eigenvalue weighted by molar-refractivity contribution is 6.29. The molecule has 18 heavy (non-hydrogen) atoms. The molecule has 0 atom stereocenters. The zero-order chi connectivity index (χ0) is 13.4. The van der Waals surface area contributed by atoms with Crippen molar-refractivity contribution in [2.24, 2.45) is 0 Å². The Hall–Kier alpha value is -1.19. The first-order valence-corrected chi connectivity index (χ1v) is 6.39.